The lowest BCUT2D eigenvalue weighted by Gasteiger charge is -2.18. The molecule has 4 nitrogen and oxygen atoms in total. The van der Waals surface area contributed by atoms with E-state index in [0.29, 0.717) is 0 Å². The average molecular weight is 266 g/mol. The summed E-state index contributed by atoms with van der Waals surface area (Å²) in [6.45, 7) is 0.774. The van der Waals surface area contributed by atoms with Gasteiger partial charge in [0.15, 0.2) is 0 Å². The molecule has 0 aliphatic rings. The third-order valence-electron chi connectivity index (χ3n) is 3.39. The van der Waals surface area contributed by atoms with Crippen LogP contribution in [0.4, 0.5) is 11.4 Å². The van der Waals surface area contributed by atoms with Crippen molar-refractivity contribution in [3.8, 4) is 0 Å². The van der Waals surface area contributed by atoms with Crippen molar-refractivity contribution in [2.45, 2.75) is 6.54 Å². The number of fused-ring (bicyclic) bond motifs is 1. The van der Waals surface area contributed by atoms with Crippen molar-refractivity contribution in [2.75, 3.05) is 24.3 Å². The molecule has 0 radical (unpaired) electrons. The van der Waals surface area contributed by atoms with Crippen LogP contribution in [0, 0.1) is 0 Å². The second-order valence-electron chi connectivity index (χ2n) is 4.98. The number of H-pyrrole nitrogens is 1. The quantitative estimate of drug-likeness (QED) is 0.762. The topological polar surface area (TPSA) is 44.0 Å². The molecule has 2 aromatic heterocycles. The molecule has 102 valence electrons. The molecule has 0 fully saturated rings. The summed E-state index contributed by atoms with van der Waals surface area (Å²) in [5.41, 5.74) is 4.48. The molecule has 2 heterocycles. The van der Waals surface area contributed by atoms with Crippen molar-refractivity contribution >= 4 is 22.4 Å². The number of benzene rings is 1. The number of nitrogens with zero attached hydrogens (tertiary/aromatic N) is 2. The smallest absolute Gasteiger partial charge is 0.137 e. The number of pyridine rings is 1. The van der Waals surface area contributed by atoms with Crippen LogP contribution >= 0.6 is 0 Å². The zero-order valence-corrected chi connectivity index (χ0v) is 11.7. The normalized spacial score (nSPS) is 10.7. The summed E-state index contributed by atoms with van der Waals surface area (Å²) in [4.78, 5) is 9.62. The van der Waals surface area contributed by atoms with Crippen molar-refractivity contribution < 1.29 is 0 Å². The monoisotopic (exact) mass is 266 g/mol. The van der Waals surface area contributed by atoms with Crippen molar-refractivity contribution in [3.05, 3.63) is 54.4 Å². The van der Waals surface area contributed by atoms with Crippen molar-refractivity contribution in [1.29, 1.82) is 0 Å². The minimum Gasteiger partial charge on any atom is -0.379 e. The van der Waals surface area contributed by atoms with Crippen LogP contribution in [0.5, 0.6) is 0 Å². The highest BCUT2D eigenvalue weighted by atomic mass is 15.1. The Labute approximate surface area is 118 Å². The van der Waals surface area contributed by atoms with E-state index in [0.717, 1.165) is 17.9 Å². The average Bonchev–Trinajstić information content (AvgIpc) is 2.88. The third-order valence-corrected chi connectivity index (χ3v) is 3.39. The predicted octanol–water partition coefficient (Wildman–Crippen LogP) is 3.24. The van der Waals surface area contributed by atoms with Crippen LogP contribution in [0.3, 0.4) is 0 Å². The second kappa shape index (κ2) is 5.25. The Morgan fingerprint density at radius 3 is 2.85 bits per heavy atom. The second-order valence-corrected chi connectivity index (χ2v) is 4.98. The number of nitrogens with one attached hydrogen (secondary N) is 2. The number of hydrogen-bond donors (Lipinski definition) is 2. The minimum absolute atomic E-state index is 0.774. The molecular formula is C16H18N4. The van der Waals surface area contributed by atoms with Crippen LogP contribution in [0.2, 0.25) is 0 Å². The fourth-order valence-corrected chi connectivity index (χ4v) is 2.36. The number of aromatic amines is 1. The Morgan fingerprint density at radius 1 is 1.15 bits per heavy atom. The lowest BCUT2D eigenvalue weighted by atomic mass is 10.2. The van der Waals surface area contributed by atoms with Gasteiger partial charge in [-0.1, -0.05) is 12.1 Å². The Bertz CT molecular complexity index is 715. The summed E-state index contributed by atoms with van der Waals surface area (Å²) in [7, 11) is 4.10. The molecule has 0 saturated carbocycles. The molecule has 0 spiro atoms. The van der Waals surface area contributed by atoms with Gasteiger partial charge in [-0.25, -0.2) is 4.98 Å². The molecule has 0 saturated heterocycles. The van der Waals surface area contributed by atoms with Crippen LogP contribution in [-0.2, 0) is 6.54 Å². The van der Waals surface area contributed by atoms with Crippen LogP contribution in [0.15, 0.2) is 48.8 Å². The summed E-state index contributed by atoms with van der Waals surface area (Å²) >= 11 is 0. The van der Waals surface area contributed by atoms with E-state index in [1.54, 1.807) is 6.20 Å². The molecule has 0 aliphatic heterocycles. The van der Waals surface area contributed by atoms with E-state index in [4.69, 9.17) is 0 Å². The molecule has 2 N–H and O–H groups in total. The first-order valence-corrected chi connectivity index (χ1v) is 6.67. The van der Waals surface area contributed by atoms with E-state index >= 15 is 0 Å². The summed E-state index contributed by atoms with van der Waals surface area (Å²) in [5, 5.41) is 4.67. The Morgan fingerprint density at radius 2 is 2.00 bits per heavy atom. The van der Waals surface area contributed by atoms with Gasteiger partial charge in [0.2, 0.25) is 0 Å². The highest BCUT2D eigenvalue weighted by molar-refractivity contribution is 5.80. The molecule has 4 heteroatoms. The van der Waals surface area contributed by atoms with Crippen LogP contribution in [-0.4, -0.2) is 24.1 Å². The zero-order valence-electron chi connectivity index (χ0n) is 11.7. The predicted molar refractivity (Wildman–Crippen MR) is 84.2 cm³/mol. The van der Waals surface area contributed by atoms with E-state index in [9.17, 15) is 0 Å². The van der Waals surface area contributed by atoms with Crippen molar-refractivity contribution in [2.24, 2.45) is 0 Å². The molecule has 20 heavy (non-hydrogen) atoms. The van der Waals surface area contributed by atoms with Gasteiger partial charge in [0.25, 0.3) is 0 Å². The van der Waals surface area contributed by atoms with E-state index in [2.05, 4.69) is 58.5 Å². The van der Waals surface area contributed by atoms with Crippen LogP contribution < -0.4 is 10.2 Å². The fourth-order valence-electron chi connectivity index (χ4n) is 2.36. The van der Waals surface area contributed by atoms with Gasteiger partial charge < -0.3 is 15.2 Å². The first-order valence-electron chi connectivity index (χ1n) is 6.67. The summed E-state index contributed by atoms with van der Waals surface area (Å²) in [6.07, 6.45) is 3.82. The largest absolute Gasteiger partial charge is 0.379 e. The number of anilines is 2. The number of rotatable bonds is 4. The fraction of sp³-hybridized carbons (Fsp3) is 0.188. The van der Waals surface area contributed by atoms with Gasteiger partial charge in [-0.3, -0.25) is 0 Å². The summed E-state index contributed by atoms with van der Waals surface area (Å²) < 4.78 is 0. The number of para-hydroxylation sites is 2. The van der Waals surface area contributed by atoms with E-state index < -0.39 is 0 Å². The molecule has 0 amide bonds. The molecule has 3 rings (SSSR count). The first kappa shape index (κ1) is 12.5. The Balaban J connectivity index is 1.83. The highest BCUT2D eigenvalue weighted by Gasteiger charge is 2.06. The van der Waals surface area contributed by atoms with Crippen LogP contribution in [0.25, 0.3) is 11.0 Å². The van der Waals surface area contributed by atoms with Gasteiger partial charge in [-0.2, -0.15) is 0 Å². The first-order chi connectivity index (χ1) is 9.75. The standard InChI is InChI=1S/C16H18N4/c1-20(2)15-8-4-3-7-14(15)18-10-12-11-19-16-13(12)6-5-9-17-16/h3-9,11,18H,10H2,1-2H3,(H,17,19). The lowest BCUT2D eigenvalue weighted by molar-refractivity contribution is 1.10. The lowest BCUT2D eigenvalue weighted by Crippen LogP contribution is -2.11. The highest BCUT2D eigenvalue weighted by Crippen LogP contribution is 2.25. The maximum absolute atomic E-state index is 4.31. The maximum atomic E-state index is 4.31. The van der Waals surface area contributed by atoms with Gasteiger partial charge in [0, 0.05) is 38.4 Å². The van der Waals surface area contributed by atoms with Gasteiger partial charge in [0.1, 0.15) is 5.65 Å². The maximum Gasteiger partial charge on any atom is 0.137 e. The minimum atomic E-state index is 0.774. The van der Waals surface area contributed by atoms with E-state index in [1.807, 2.05) is 18.3 Å². The third kappa shape index (κ3) is 2.32. The molecule has 0 aliphatic carbocycles. The summed E-state index contributed by atoms with van der Waals surface area (Å²) in [6, 6.07) is 12.4. The molecule has 0 atom stereocenters. The number of aromatic nitrogens is 2. The van der Waals surface area contributed by atoms with Crippen molar-refractivity contribution in [3.63, 3.8) is 0 Å². The zero-order chi connectivity index (χ0) is 13.9. The van der Waals surface area contributed by atoms with Crippen LogP contribution in [0.1, 0.15) is 5.56 Å². The van der Waals surface area contributed by atoms with Gasteiger partial charge in [-0.15, -0.1) is 0 Å². The van der Waals surface area contributed by atoms with E-state index in [1.165, 1.54) is 16.6 Å². The Hall–Kier alpha value is -2.49. The van der Waals surface area contributed by atoms with Gasteiger partial charge in [0.05, 0.1) is 11.4 Å². The Kier molecular flexibility index (Phi) is 3.29. The molecule has 0 unspecified atom stereocenters. The van der Waals surface area contributed by atoms with Gasteiger partial charge >= 0.3 is 0 Å². The van der Waals surface area contributed by atoms with Crippen molar-refractivity contribution in [1.82, 2.24) is 9.97 Å². The van der Waals surface area contributed by atoms with E-state index in [-0.39, 0.29) is 0 Å². The molecular weight excluding hydrogens is 248 g/mol. The molecule has 0 bridgehead atoms. The number of hydrogen-bond acceptors (Lipinski definition) is 3. The molecule has 1 aromatic carbocycles. The van der Waals surface area contributed by atoms with Gasteiger partial charge in [-0.05, 0) is 29.8 Å². The molecule has 3 aromatic rings. The summed E-state index contributed by atoms with van der Waals surface area (Å²) in [5.74, 6) is 0. The SMILES string of the molecule is CN(C)c1ccccc1NCc1c[nH]c2ncccc12.